The van der Waals surface area contributed by atoms with Crippen molar-refractivity contribution in [2.45, 2.75) is 25.4 Å². The highest BCUT2D eigenvalue weighted by Crippen LogP contribution is 2.28. The quantitative estimate of drug-likeness (QED) is 0.791. The summed E-state index contributed by atoms with van der Waals surface area (Å²) in [6.07, 6.45) is 2.09. The predicted octanol–water partition coefficient (Wildman–Crippen LogP) is 0.374. The number of nitrogen functional groups attached to an aromatic ring is 1. The third kappa shape index (κ3) is 2.06. The van der Waals surface area contributed by atoms with Crippen molar-refractivity contribution in [1.82, 2.24) is 15.2 Å². The number of amides is 1. The number of nitrogens with one attached hydrogen (secondary N) is 1. The summed E-state index contributed by atoms with van der Waals surface area (Å²) in [4.78, 5) is 18.4. The average molecular weight is 246 g/mol. The van der Waals surface area contributed by atoms with Crippen molar-refractivity contribution in [3.05, 3.63) is 23.9 Å². The lowest BCUT2D eigenvalue weighted by Crippen LogP contribution is -2.45. The maximum absolute atomic E-state index is 11.7. The van der Waals surface area contributed by atoms with E-state index in [0.29, 0.717) is 11.9 Å². The van der Waals surface area contributed by atoms with Gasteiger partial charge in [0, 0.05) is 19.1 Å². The second kappa shape index (κ2) is 4.57. The van der Waals surface area contributed by atoms with Gasteiger partial charge in [-0.2, -0.15) is 0 Å². The summed E-state index contributed by atoms with van der Waals surface area (Å²) in [6.45, 7) is 2.58. The Bertz CT molecular complexity index is 462. The Labute approximate surface area is 106 Å². The van der Waals surface area contributed by atoms with Gasteiger partial charge in [-0.3, -0.25) is 9.69 Å². The van der Waals surface area contributed by atoms with Gasteiger partial charge in [0.15, 0.2) is 0 Å². The lowest BCUT2D eigenvalue weighted by molar-refractivity contribution is -0.124. The zero-order valence-electron chi connectivity index (χ0n) is 10.3. The van der Waals surface area contributed by atoms with Crippen LogP contribution >= 0.6 is 0 Å². The van der Waals surface area contributed by atoms with E-state index >= 15 is 0 Å². The molecular weight excluding hydrogens is 228 g/mol. The highest BCUT2D eigenvalue weighted by Gasteiger charge is 2.40. The van der Waals surface area contributed by atoms with Crippen molar-refractivity contribution in [1.29, 1.82) is 0 Å². The molecule has 3 N–H and O–H groups in total. The Morgan fingerprint density at radius 2 is 2.39 bits per heavy atom. The van der Waals surface area contributed by atoms with Crippen LogP contribution in [0.1, 0.15) is 18.5 Å². The maximum Gasteiger partial charge on any atom is 0.224 e. The van der Waals surface area contributed by atoms with Crippen molar-refractivity contribution < 1.29 is 4.79 Å². The molecule has 18 heavy (non-hydrogen) atoms. The summed E-state index contributed by atoms with van der Waals surface area (Å²) in [5.41, 5.74) is 6.68. The van der Waals surface area contributed by atoms with E-state index in [-0.39, 0.29) is 11.8 Å². The van der Waals surface area contributed by atoms with Gasteiger partial charge in [0.2, 0.25) is 5.91 Å². The summed E-state index contributed by atoms with van der Waals surface area (Å²) in [5, 5.41) is 2.96. The highest BCUT2D eigenvalue weighted by molar-refractivity contribution is 5.82. The molecule has 0 radical (unpaired) electrons. The number of hydrogen-bond donors (Lipinski definition) is 2. The maximum atomic E-state index is 11.7. The molecular formula is C13H18N4O. The molecule has 1 amide bonds. The van der Waals surface area contributed by atoms with Crippen molar-refractivity contribution in [2.75, 3.05) is 18.8 Å². The third-order valence-electron chi connectivity index (χ3n) is 3.91. The van der Waals surface area contributed by atoms with Crippen LogP contribution in [0.25, 0.3) is 0 Å². The topological polar surface area (TPSA) is 71.2 Å². The number of pyridine rings is 1. The third-order valence-corrected chi connectivity index (χ3v) is 3.91. The van der Waals surface area contributed by atoms with E-state index in [1.807, 2.05) is 12.1 Å². The Balaban J connectivity index is 1.74. The Kier molecular flexibility index (Phi) is 2.91. The van der Waals surface area contributed by atoms with Gasteiger partial charge in [-0.1, -0.05) is 6.07 Å². The number of rotatable bonds is 2. The molecule has 5 heteroatoms. The van der Waals surface area contributed by atoms with Gasteiger partial charge < -0.3 is 11.1 Å². The molecule has 0 aliphatic carbocycles. The summed E-state index contributed by atoms with van der Waals surface area (Å²) in [7, 11) is 0. The fourth-order valence-corrected chi connectivity index (χ4v) is 3.03. The smallest absolute Gasteiger partial charge is 0.224 e. The molecule has 3 heterocycles. The van der Waals surface area contributed by atoms with Crippen LogP contribution in [0.15, 0.2) is 18.2 Å². The zero-order valence-corrected chi connectivity index (χ0v) is 10.3. The first-order chi connectivity index (χ1) is 8.74. The number of fused-ring (bicyclic) bond motifs is 1. The first kappa shape index (κ1) is 11.5. The Morgan fingerprint density at radius 3 is 3.22 bits per heavy atom. The van der Waals surface area contributed by atoms with Gasteiger partial charge >= 0.3 is 0 Å². The van der Waals surface area contributed by atoms with Crippen LogP contribution in [-0.4, -0.2) is 34.9 Å². The van der Waals surface area contributed by atoms with Gasteiger partial charge in [0.05, 0.1) is 11.6 Å². The van der Waals surface area contributed by atoms with E-state index in [1.165, 1.54) is 0 Å². The molecule has 96 valence electrons. The van der Waals surface area contributed by atoms with Gasteiger partial charge in [-0.05, 0) is 31.5 Å². The molecule has 1 aromatic heterocycles. The van der Waals surface area contributed by atoms with Crippen molar-refractivity contribution in [3.8, 4) is 0 Å². The summed E-state index contributed by atoms with van der Waals surface area (Å²) >= 11 is 0. The minimum atomic E-state index is 0.166. The largest absolute Gasteiger partial charge is 0.384 e. The summed E-state index contributed by atoms with van der Waals surface area (Å²) in [6, 6.07) is 6.04. The minimum Gasteiger partial charge on any atom is -0.384 e. The van der Waals surface area contributed by atoms with Gasteiger partial charge in [-0.15, -0.1) is 0 Å². The van der Waals surface area contributed by atoms with Crippen LogP contribution < -0.4 is 11.1 Å². The number of aromatic nitrogens is 1. The molecule has 2 unspecified atom stereocenters. The number of nitrogens with two attached hydrogens (primary N) is 1. The van der Waals surface area contributed by atoms with E-state index in [0.717, 1.165) is 38.2 Å². The van der Waals surface area contributed by atoms with Gasteiger partial charge in [0.25, 0.3) is 0 Å². The molecule has 5 nitrogen and oxygen atoms in total. The van der Waals surface area contributed by atoms with Crippen molar-refractivity contribution in [2.24, 2.45) is 5.92 Å². The van der Waals surface area contributed by atoms with E-state index in [4.69, 9.17) is 5.73 Å². The first-order valence-corrected chi connectivity index (χ1v) is 6.47. The molecule has 1 aromatic rings. The number of hydrogen-bond acceptors (Lipinski definition) is 4. The lowest BCUT2D eigenvalue weighted by Gasteiger charge is -2.35. The number of carbonyl (C=O) groups excluding carboxylic acids is 1. The van der Waals surface area contributed by atoms with Crippen LogP contribution in [0.4, 0.5) is 5.82 Å². The average Bonchev–Trinajstić information content (AvgIpc) is 2.73. The Hall–Kier alpha value is -1.62. The number of carbonyl (C=O) groups is 1. The normalized spacial score (nSPS) is 27.9. The second-order valence-electron chi connectivity index (χ2n) is 5.09. The van der Waals surface area contributed by atoms with Crippen LogP contribution in [0.2, 0.25) is 0 Å². The molecule has 0 saturated carbocycles. The molecule has 2 saturated heterocycles. The van der Waals surface area contributed by atoms with Crippen LogP contribution in [0, 0.1) is 5.92 Å². The molecule has 0 spiro atoms. The van der Waals surface area contributed by atoms with Crippen LogP contribution in [0.5, 0.6) is 0 Å². The molecule has 2 aliphatic rings. The zero-order chi connectivity index (χ0) is 12.5. The monoisotopic (exact) mass is 246 g/mol. The van der Waals surface area contributed by atoms with Gasteiger partial charge in [0.1, 0.15) is 5.82 Å². The summed E-state index contributed by atoms with van der Waals surface area (Å²) in [5.74, 6) is 0.937. The standard InChI is InChI=1S/C13H18N4O/c14-12-5-1-3-9(16-12)8-17-6-2-4-10-11(17)7-15-13(10)18/h1,3,5,10-11H,2,4,6-8H2,(H2,14,16)(H,15,18). The van der Waals surface area contributed by atoms with E-state index < -0.39 is 0 Å². The van der Waals surface area contributed by atoms with E-state index in [9.17, 15) is 4.79 Å². The lowest BCUT2D eigenvalue weighted by atomic mass is 9.91. The minimum absolute atomic E-state index is 0.166. The fourth-order valence-electron chi connectivity index (χ4n) is 3.03. The number of anilines is 1. The molecule has 2 atom stereocenters. The van der Waals surface area contributed by atoms with E-state index in [1.54, 1.807) is 6.07 Å². The number of nitrogens with zero attached hydrogens (tertiary/aromatic N) is 2. The molecule has 2 aliphatic heterocycles. The van der Waals surface area contributed by atoms with Crippen molar-refractivity contribution in [3.63, 3.8) is 0 Å². The second-order valence-corrected chi connectivity index (χ2v) is 5.09. The van der Waals surface area contributed by atoms with Crippen LogP contribution in [0.3, 0.4) is 0 Å². The summed E-state index contributed by atoms with van der Waals surface area (Å²) < 4.78 is 0. The Morgan fingerprint density at radius 1 is 1.50 bits per heavy atom. The molecule has 0 bridgehead atoms. The molecule has 0 aromatic carbocycles. The van der Waals surface area contributed by atoms with Gasteiger partial charge in [-0.25, -0.2) is 4.98 Å². The SMILES string of the molecule is Nc1cccc(CN2CCCC3C(=O)NCC32)n1. The highest BCUT2D eigenvalue weighted by atomic mass is 16.2. The van der Waals surface area contributed by atoms with Crippen molar-refractivity contribution >= 4 is 11.7 Å². The van der Waals surface area contributed by atoms with E-state index in [2.05, 4.69) is 15.2 Å². The van der Waals surface area contributed by atoms with Crippen LogP contribution in [-0.2, 0) is 11.3 Å². The fraction of sp³-hybridized carbons (Fsp3) is 0.538. The number of likely N-dealkylation sites (tertiary alicyclic amines) is 1. The first-order valence-electron chi connectivity index (χ1n) is 6.47. The number of piperidine rings is 1. The predicted molar refractivity (Wildman–Crippen MR) is 68.6 cm³/mol. The molecule has 3 rings (SSSR count). The molecule has 2 fully saturated rings.